The molecular formula is C18H17N5O4S. The van der Waals surface area contributed by atoms with Gasteiger partial charge in [-0.1, -0.05) is 12.1 Å². The maximum Gasteiger partial charge on any atom is 0.331 e. The maximum atomic E-state index is 12.5. The second-order valence-electron chi connectivity index (χ2n) is 6.09. The normalized spacial score (nSPS) is 17.0. The van der Waals surface area contributed by atoms with Gasteiger partial charge in [0.1, 0.15) is 11.8 Å². The van der Waals surface area contributed by atoms with Crippen molar-refractivity contribution in [3.63, 3.8) is 0 Å². The average molecular weight is 399 g/mol. The molecule has 2 aromatic rings. The molecule has 2 atom stereocenters. The molecule has 1 aliphatic heterocycles. The zero-order valence-corrected chi connectivity index (χ0v) is 15.5. The van der Waals surface area contributed by atoms with E-state index >= 15 is 0 Å². The van der Waals surface area contributed by atoms with Crippen LogP contribution in [0.1, 0.15) is 5.56 Å². The first-order chi connectivity index (χ1) is 13.5. The van der Waals surface area contributed by atoms with E-state index in [0.717, 1.165) is 5.56 Å². The van der Waals surface area contributed by atoms with E-state index in [9.17, 15) is 14.9 Å². The van der Waals surface area contributed by atoms with Gasteiger partial charge in [0.25, 0.3) is 5.88 Å². The van der Waals surface area contributed by atoms with E-state index in [0.29, 0.717) is 23.8 Å². The first kappa shape index (κ1) is 19.6. The fourth-order valence-electron chi connectivity index (χ4n) is 2.73. The molecule has 1 saturated heterocycles. The first-order valence-electron chi connectivity index (χ1n) is 8.39. The molecule has 1 fully saturated rings. The molecule has 2 N–H and O–H groups in total. The smallest absolute Gasteiger partial charge is 0.331 e. The highest BCUT2D eigenvalue weighted by Gasteiger charge is 2.32. The van der Waals surface area contributed by atoms with Gasteiger partial charge in [-0.2, -0.15) is 5.26 Å². The highest BCUT2D eigenvalue weighted by atomic mass is 32.2. The summed E-state index contributed by atoms with van der Waals surface area (Å²) < 4.78 is 5.49. The van der Waals surface area contributed by atoms with Crippen molar-refractivity contribution in [1.29, 1.82) is 5.26 Å². The van der Waals surface area contributed by atoms with Gasteiger partial charge in [-0.15, -0.1) is 11.8 Å². The molecule has 0 aliphatic carbocycles. The molecule has 28 heavy (non-hydrogen) atoms. The summed E-state index contributed by atoms with van der Waals surface area (Å²) in [5.74, 6) is 1.11. The molecule has 0 unspecified atom stereocenters. The van der Waals surface area contributed by atoms with Gasteiger partial charge in [0.2, 0.25) is 5.91 Å². The average Bonchev–Trinajstić information content (AvgIpc) is 3.18. The third-order valence-electron chi connectivity index (χ3n) is 4.17. The lowest BCUT2D eigenvalue weighted by atomic mass is 10.1. The minimum Gasteiger partial charge on any atom is -0.434 e. The summed E-state index contributed by atoms with van der Waals surface area (Å²) in [5, 5.41) is 20.1. The topological polar surface area (TPSA) is 135 Å². The van der Waals surface area contributed by atoms with Gasteiger partial charge < -0.3 is 15.4 Å². The van der Waals surface area contributed by atoms with Crippen LogP contribution in [0.4, 0.5) is 5.69 Å². The lowest BCUT2D eigenvalue weighted by molar-refractivity contribution is -0.386. The molecule has 9 nitrogen and oxygen atoms in total. The van der Waals surface area contributed by atoms with E-state index in [2.05, 4.69) is 11.1 Å². The Labute approximate surface area is 165 Å². The number of pyridine rings is 1. The number of nitrogens with two attached hydrogens (primary N) is 1. The number of nitrogens with zero attached hydrogens (tertiary/aromatic N) is 4. The Morgan fingerprint density at radius 3 is 2.89 bits per heavy atom. The summed E-state index contributed by atoms with van der Waals surface area (Å²) in [4.78, 5) is 28.3. The molecule has 144 valence electrons. The van der Waals surface area contributed by atoms with Crippen molar-refractivity contribution in [2.75, 3.05) is 11.6 Å². The third-order valence-corrected chi connectivity index (χ3v) is 5.19. The Balaban J connectivity index is 1.64. The van der Waals surface area contributed by atoms with Crippen LogP contribution in [-0.2, 0) is 11.2 Å². The molecule has 10 heteroatoms. The highest BCUT2D eigenvalue weighted by Crippen LogP contribution is 2.28. The van der Waals surface area contributed by atoms with Crippen LogP contribution in [0.3, 0.4) is 0 Å². The van der Waals surface area contributed by atoms with E-state index < -0.39 is 17.0 Å². The number of amides is 1. The fraction of sp³-hybridized carbons (Fsp3) is 0.278. The third kappa shape index (κ3) is 4.39. The molecule has 0 saturated carbocycles. The minimum atomic E-state index is -0.752. The largest absolute Gasteiger partial charge is 0.434 e. The molecule has 1 amide bonds. The second kappa shape index (κ2) is 8.69. The van der Waals surface area contributed by atoms with Gasteiger partial charge in [-0.05, 0) is 30.2 Å². The number of carbonyl (C=O) groups is 1. The number of aromatic nitrogens is 1. The van der Waals surface area contributed by atoms with Crippen molar-refractivity contribution < 1.29 is 14.5 Å². The van der Waals surface area contributed by atoms with Gasteiger partial charge in [0, 0.05) is 18.0 Å². The van der Waals surface area contributed by atoms with Gasteiger partial charge in [0.05, 0.1) is 22.9 Å². The maximum absolute atomic E-state index is 12.5. The number of rotatable bonds is 6. The standard InChI is InChI=1S/C18H17N5O4S/c19-9-13-10-28-11-22(13)18(24)15(20)8-12-3-5-14(6-4-12)27-17-16(23(25)26)2-1-7-21-17/h1-7,13,15H,8,10-11,20H2/t13-,15+/m1/s1. The number of hydrogen-bond acceptors (Lipinski definition) is 8. The zero-order chi connectivity index (χ0) is 20.1. The van der Waals surface area contributed by atoms with Crippen molar-refractivity contribution in [2.24, 2.45) is 5.73 Å². The number of benzene rings is 1. The Morgan fingerprint density at radius 1 is 1.46 bits per heavy atom. The number of ether oxygens (including phenoxy) is 1. The Morgan fingerprint density at radius 2 is 2.21 bits per heavy atom. The summed E-state index contributed by atoms with van der Waals surface area (Å²) in [5.41, 5.74) is 6.62. The van der Waals surface area contributed by atoms with E-state index in [1.807, 2.05) is 0 Å². The monoisotopic (exact) mass is 399 g/mol. The summed E-state index contributed by atoms with van der Waals surface area (Å²) in [6, 6.07) is 10.4. The molecule has 0 spiro atoms. The number of carbonyl (C=O) groups excluding carboxylic acids is 1. The van der Waals surface area contributed by atoms with Gasteiger partial charge in [0.15, 0.2) is 0 Å². The van der Waals surface area contributed by atoms with E-state index in [1.165, 1.54) is 35.0 Å². The van der Waals surface area contributed by atoms with Gasteiger partial charge in [-0.3, -0.25) is 14.9 Å². The predicted octanol–water partition coefficient (Wildman–Crippen LogP) is 2.08. The summed E-state index contributed by atoms with van der Waals surface area (Å²) >= 11 is 1.53. The van der Waals surface area contributed by atoms with Crippen LogP contribution in [0, 0.1) is 21.4 Å². The Kier molecular flexibility index (Phi) is 6.08. The lowest BCUT2D eigenvalue weighted by Gasteiger charge is -2.22. The zero-order valence-electron chi connectivity index (χ0n) is 14.7. The van der Waals surface area contributed by atoms with Crippen molar-refractivity contribution in [3.05, 3.63) is 58.3 Å². The number of nitriles is 1. The lowest BCUT2D eigenvalue weighted by Crippen LogP contribution is -2.47. The van der Waals surface area contributed by atoms with E-state index in [1.54, 1.807) is 24.3 Å². The Hall–Kier alpha value is -3.16. The molecule has 0 radical (unpaired) electrons. The fourth-order valence-corrected chi connectivity index (χ4v) is 3.81. The molecule has 0 bridgehead atoms. The molecular weight excluding hydrogens is 382 g/mol. The van der Waals surface area contributed by atoms with Crippen LogP contribution in [0.5, 0.6) is 11.6 Å². The van der Waals surface area contributed by atoms with Crippen molar-refractivity contribution in [1.82, 2.24) is 9.88 Å². The minimum absolute atomic E-state index is 0.0961. The van der Waals surface area contributed by atoms with Crippen LogP contribution >= 0.6 is 11.8 Å². The van der Waals surface area contributed by atoms with Gasteiger partial charge >= 0.3 is 5.69 Å². The van der Waals surface area contributed by atoms with Crippen LogP contribution in [0.2, 0.25) is 0 Å². The van der Waals surface area contributed by atoms with Crippen molar-refractivity contribution in [3.8, 4) is 17.7 Å². The SMILES string of the molecule is N#C[C@@H]1CSCN1C(=O)[C@@H](N)Cc1ccc(Oc2ncccc2[N+](=O)[O-])cc1. The number of nitro groups is 1. The molecule has 1 aliphatic rings. The Bertz CT molecular complexity index is 915. The van der Waals surface area contributed by atoms with Crippen molar-refractivity contribution in [2.45, 2.75) is 18.5 Å². The summed E-state index contributed by atoms with van der Waals surface area (Å²) in [6.07, 6.45) is 1.72. The summed E-state index contributed by atoms with van der Waals surface area (Å²) in [7, 11) is 0. The first-order valence-corrected chi connectivity index (χ1v) is 9.54. The summed E-state index contributed by atoms with van der Waals surface area (Å²) in [6.45, 7) is 0. The van der Waals surface area contributed by atoms with Crippen LogP contribution in [0.25, 0.3) is 0 Å². The number of thioether (sulfide) groups is 1. The van der Waals surface area contributed by atoms with Crippen molar-refractivity contribution >= 4 is 23.4 Å². The molecule has 1 aromatic carbocycles. The van der Waals surface area contributed by atoms with E-state index in [-0.39, 0.29) is 17.5 Å². The van der Waals surface area contributed by atoms with E-state index in [4.69, 9.17) is 15.7 Å². The van der Waals surface area contributed by atoms with Crippen LogP contribution in [0.15, 0.2) is 42.6 Å². The molecule has 3 rings (SSSR count). The predicted molar refractivity (Wildman–Crippen MR) is 103 cm³/mol. The van der Waals surface area contributed by atoms with Crippen LogP contribution < -0.4 is 10.5 Å². The molecule has 1 aromatic heterocycles. The quantitative estimate of drug-likeness (QED) is 0.576. The number of hydrogen-bond donors (Lipinski definition) is 1. The second-order valence-corrected chi connectivity index (χ2v) is 7.09. The van der Waals surface area contributed by atoms with Crippen LogP contribution in [-0.4, -0.2) is 44.4 Å². The van der Waals surface area contributed by atoms with Gasteiger partial charge in [-0.25, -0.2) is 4.98 Å². The highest BCUT2D eigenvalue weighted by molar-refractivity contribution is 7.99. The molecule has 2 heterocycles.